The summed E-state index contributed by atoms with van der Waals surface area (Å²) in [6.45, 7) is 0.350. The van der Waals surface area contributed by atoms with E-state index in [-0.39, 0.29) is 0 Å². The molecule has 16 heavy (non-hydrogen) atoms. The third-order valence-corrected chi connectivity index (χ3v) is 2.10. The van der Waals surface area contributed by atoms with Gasteiger partial charge < -0.3 is 5.73 Å². The van der Waals surface area contributed by atoms with Crippen molar-refractivity contribution >= 4 is 5.82 Å². The number of hydrogen-bond acceptors (Lipinski definition) is 4. The van der Waals surface area contributed by atoms with Crippen molar-refractivity contribution in [2.45, 2.75) is 6.54 Å². The van der Waals surface area contributed by atoms with Gasteiger partial charge in [0.1, 0.15) is 5.82 Å². The molecule has 0 aliphatic carbocycles. The highest BCUT2D eigenvalue weighted by atomic mass is 16.2. The zero-order valence-electron chi connectivity index (χ0n) is 8.38. The van der Waals surface area contributed by atoms with Gasteiger partial charge in [-0.2, -0.15) is 0 Å². The summed E-state index contributed by atoms with van der Waals surface area (Å²) in [4.78, 5) is 28.3. The molecule has 0 atom stereocenters. The largest absolute Gasteiger partial charge is 0.384 e. The summed E-state index contributed by atoms with van der Waals surface area (Å²) in [5.74, 6) is 0.428. The fourth-order valence-corrected chi connectivity index (χ4v) is 1.29. The lowest BCUT2D eigenvalue weighted by atomic mass is 10.3. The summed E-state index contributed by atoms with van der Waals surface area (Å²) in [5.41, 5.74) is 5.43. The first-order valence-corrected chi connectivity index (χ1v) is 4.65. The average molecular weight is 218 g/mol. The predicted octanol–water partition coefficient (Wildman–Crippen LogP) is -0.438. The normalized spacial score (nSPS) is 10.2. The maximum absolute atomic E-state index is 11.4. The minimum absolute atomic E-state index is 0.350. The quantitative estimate of drug-likeness (QED) is 0.714. The standard InChI is InChI=1S/C10H10N4O2/c11-8-2-1-7(5-12-8)6-14-4-3-9(15)13-10(14)16/h1-5H,6H2,(H2,11,12)(H,13,15,16). The van der Waals surface area contributed by atoms with Gasteiger partial charge in [0.2, 0.25) is 0 Å². The van der Waals surface area contributed by atoms with Crippen LogP contribution in [0.5, 0.6) is 0 Å². The second-order valence-corrected chi connectivity index (χ2v) is 3.33. The molecule has 6 nitrogen and oxygen atoms in total. The molecule has 0 aliphatic rings. The monoisotopic (exact) mass is 218 g/mol. The van der Waals surface area contributed by atoms with Crippen molar-refractivity contribution in [3.63, 3.8) is 0 Å². The minimum Gasteiger partial charge on any atom is -0.384 e. The number of nitrogens with one attached hydrogen (secondary N) is 1. The Bertz CT molecular complexity index is 597. The van der Waals surface area contributed by atoms with E-state index in [0.29, 0.717) is 12.4 Å². The zero-order chi connectivity index (χ0) is 11.5. The molecule has 0 fully saturated rings. The van der Waals surface area contributed by atoms with Gasteiger partial charge in [-0.25, -0.2) is 9.78 Å². The van der Waals surface area contributed by atoms with Crippen LogP contribution < -0.4 is 17.0 Å². The fourth-order valence-electron chi connectivity index (χ4n) is 1.29. The van der Waals surface area contributed by atoms with Gasteiger partial charge >= 0.3 is 5.69 Å². The first-order chi connectivity index (χ1) is 7.65. The number of rotatable bonds is 2. The smallest absolute Gasteiger partial charge is 0.328 e. The fraction of sp³-hybridized carbons (Fsp3) is 0.100. The molecule has 0 aromatic carbocycles. The van der Waals surface area contributed by atoms with Crippen molar-refractivity contribution < 1.29 is 0 Å². The SMILES string of the molecule is Nc1ccc(Cn2ccc(=O)[nH]c2=O)cn1. The number of nitrogens with zero attached hydrogens (tertiary/aromatic N) is 2. The predicted molar refractivity (Wildman–Crippen MR) is 59.1 cm³/mol. The van der Waals surface area contributed by atoms with Crippen LogP contribution >= 0.6 is 0 Å². The molecule has 2 rings (SSSR count). The molecule has 2 aromatic rings. The van der Waals surface area contributed by atoms with Crippen molar-refractivity contribution in [3.8, 4) is 0 Å². The molecule has 0 saturated heterocycles. The molecule has 0 bridgehead atoms. The summed E-state index contributed by atoms with van der Waals surface area (Å²) < 4.78 is 1.38. The highest BCUT2D eigenvalue weighted by molar-refractivity contribution is 5.29. The van der Waals surface area contributed by atoms with Crippen molar-refractivity contribution in [2.75, 3.05) is 5.73 Å². The van der Waals surface area contributed by atoms with Crippen molar-refractivity contribution in [3.05, 3.63) is 57.0 Å². The van der Waals surface area contributed by atoms with Gasteiger partial charge in [-0.3, -0.25) is 14.3 Å². The van der Waals surface area contributed by atoms with E-state index in [1.54, 1.807) is 18.3 Å². The first kappa shape index (κ1) is 10.2. The van der Waals surface area contributed by atoms with Gasteiger partial charge in [0.25, 0.3) is 5.56 Å². The van der Waals surface area contributed by atoms with Crippen LogP contribution in [0, 0.1) is 0 Å². The topological polar surface area (TPSA) is 93.8 Å². The van der Waals surface area contributed by atoms with Crippen LogP contribution in [-0.2, 0) is 6.54 Å². The van der Waals surface area contributed by atoms with Gasteiger partial charge in [0, 0.05) is 18.5 Å². The lowest BCUT2D eigenvalue weighted by molar-refractivity contribution is 0.718. The van der Waals surface area contributed by atoms with E-state index < -0.39 is 11.2 Å². The molecular weight excluding hydrogens is 208 g/mol. The highest BCUT2D eigenvalue weighted by Crippen LogP contribution is 2.01. The maximum atomic E-state index is 11.4. The van der Waals surface area contributed by atoms with Crippen LogP contribution in [-0.4, -0.2) is 14.5 Å². The number of nitrogens with two attached hydrogens (primary N) is 1. The maximum Gasteiger partial charge on any atom is 0.328 e. The van der Waals surface area contributed by atoms with Crippen LogP contribution in [0.15, 0.2) is 40.2 Å². The Morgan fingerprint density at radius 2 is 2.12 bits per heavy atom. The Morgan fingerprint density at radius 1 is 1.31 bits per heavy atom. The van der Waals surface area contributed by atoms with Crippen LogP contribution in [0.25, 0.3) is 0 Å². The Morgan fingerprint density at radius 3 is 2.75 bits per heavy atom. The third-order valence-electron chi connectivity index (χ3n) is 2.10. The second-order valence-electron chi connectivity index (χ2n) is 3.33. The molecule has 0 unspecified atom stereocenters. The van der Waals surface area contributed by atoms with Crippen molar-refractivity contribution in [2.24, 2.45) is 0 Å². The Hall–Kier alpha value is -2.37. The molecule has 0 amide bonds. The summed E-state index contributed by atoms with van der Waals surface area (Å²) in [6.07, 6.45) is 3.03. The van der Waals surface area contributed by atoms with E-state index in [1.807, 2.05) is 0 Å². The van der Waals surface area contributed by atoms with E-state index in [0.717, 1.165) is 5.56 Å². The molecule has 82 valence electrons. The molecule has 0 aliphatic heterocycles. The summed E-state index contributed by atoms with van der Waals surface area (Å²) in [7, 11) is 0. The average Bonchev–Trinajstić information content (AvgIpc) is 2.25. The number of anilines is 1. The Kier molecular flexibility index (Phi) is 2.55. The van der Waals surface area contributed by atoms with Crippen molar-refractivity contribution in [1.82, 2.24) is 14.5 Å². The lowest BCUT2D eigenvalue weighted by Gasteiger charge is -2.04. The van der Waals surface area contributed by atoms with Crippen LogP contribution in [0.2, 0.25) is 0 Å². The number of pyridine rings is 1. The molecule has 0 saturated carbocycles. The highest BCUT2D eigenvalue weighted by Gasteiger charge is 1.98. The minimum atomic E-state index is -0.440. The summed E-state index contributed by atoms with van der Waals surface area (Å²) in [6, 6.07) is 4.73. The lowest BCUT2D eigenvalue weighted by Crippen LogP contribution is -2.28. The van der Waals surface area contributed by atoms with E-state index in [4.69, 9.17) is 5.73 Å². The van der Waals surface area contributed by atoms with Gasteiger partial charge in [0.05, 0.1) is 6.54 Å². The van der Waals surface area contributed by atoms with Crippen LogP contribution in [0.1, 0.15) is 5.56 Å². The number of aromatic amines is 1. The van der Waals surface area contributed by atoms with Crippen LogP contribution in [0.4, 0.5) is 5.82 Å². The van der Waals surface area contributed by atoms with E-state index in [9.17, 15) is 9.59 Å². The molecule has 2 heterocycles. The number of nitrogen functional groups attached to an aromatic ring is 1. The van der Waals surface area contributed by atoms with Gasteiger partial charge in [-0.05, 0) is 11.6 Å². The third kappa shape index (κ3) is 2.17. The van der Waals surface area contributed by atoms with E-state index in [2.05, 4.69) is 9.97 Å². The van der Waals surface area contributed by atoms with Crippen molar-refractivity contribution in [1.29, 1.82) is 0 Å². The first-order valence-electron chi connectivity index (χ1n) is 4.65. The Labute approximate surface area is 90.4 Å². The van der Waals surface area contributed by atoms with E-state index >= 15 is 0 Å². The molecule has 0 spiro atoms. The molecule has 3 N–H and O–H groups in total. The second kappa shape index (κ2) is 4.01. The summed E-state index contributed by atoms with van der Waals surface area (Å²) >= 11 is 0. The Balaban J connectivity index is 2.30. The number of aromatic nitrogens is 3. The molecule has 2 aromatic heterocycles. The molecular formula is C10H10N4O2. The molecule has 0 radical (unpaired) electrons. The van der Waals surface area contributed by atoms with Gasteiger partial charge in [-0.1, -0.05) is 6.07 Å². The van der Waals surface area contributed by atoms with Gasteiger partial charge in [-0.15, -0.1) is 0 Å². The van der Waals surface area contributed by atoms with Crippen LogP contribution in [0.3, 0.4) is 0 Å². The molecule has 6 heteroatoms. The number of H-pyrrole nitrogens is 1. The zero-order valence-corrected chi connectivity index (χ0v) is 8.38. The van der Waals surface area contributed by atoms with E-state index in [1.165, 1.54) is 16.8 Å². The number of hydrogen-bond donors (Lipinski definition) is 2. The summed E-state index contributed by atoms with van der Waals surface area (Å²) in [5, 5.41) is 0. The van der Waals surface area contributed by atoms with Gasteiger partial charge in [0.15, 0.2) is 0 Å².